The molecule has 4 fully saturated rings. The van der Waals surface area contributed by atoms with Gasteiger partial charge in [-0.25, -0.2) is 4.98 Å². The van der Waals surface area contributed by atoms with Gasteiger partial charge in [-0.3, -0.25) is 4.79 Å². The number of piperidine rings is 2. The van der Waals surface area contributed by atoms with Gasteiger partial charge in [0.05, 0.1) is 26.7 Å². The van der Waals surface area contributed by atoms with Gasteiger partial charge in [0.25, 0.3) is 0 Å². The highest BCUT2D eigenvalue weighted by molar-refractivity contribution is 7.18. The monoisotopic (exact) mass is 365 g/mol. The number of rotatable bonds is 3. The molecule has 1 amide bonds. The van der Waals surface area contributed by atoms with E-state index in [9.17, 15) is 10.1 Å². The Morgan fingerprint density at radius 3 is 2.77 bits per heavy atom. The number of carbonyl (C=O) groups excluding carboxylic acids is 1. The lowest BCUT2D eigenvalue weighted by molar-refractivity contribution is -0.153. The number of carbonyl (C=O) groups is 1. The lowest BCUT2D eigenvalue weighted by atomic mass is 9.56. The van der Waals surface area contributed by atoms with Gasteiger partial charge < -0.3 is 4.90 Å². The summed E-state index contributed by atoms with van der Waals surface area (Å²) in [6, 6.07) is 11.3. The minimum Gasteiger partial charge on any atom is -0.337 e. The molecule has 0 spiro atoms. The third-order valence-corrected chi connectivity index (χ3v) is 7.94. The van der Waals surface area contributed by atoms with Gasteiger partial charge >= 0.3 is 0 Å². The highest BCUT2D eigenvalue weighted by atomic mass is 32.1. The van der Waals surface area contributed by atoms with Crippen LogP contribution in [0.5, 0.6) is 0 Å². The first kappa shape index (κ1) is 16.3. The van der Waals surface area contributed by atoms with Gasteiger partial charge in [-0.15, -0.1) is 11.3 Å². The number of hydrogen-bond acceptors (Lipinski definition) is 4. The third kappa shape index (κ3) is 2.46. The van der Waals surface area contributed by atoms with Crippen molar-refractivity contribution in [2.45, 2.75) is 63.5 Å². The van der Waals surface area contributed by atoms with Crippen LogP contribution in [-0.4, -0.2) is 27.9 Å². The fraction of sp³-hybridized carbons (Fsp3) is 0.571. The lowest BCUT2D eigenvalue weighted by Gasteiger charge is -2.59. The molecule has 6 rings (SSSR count). The maximum Gasteiger partial charge on any atom is 0.223 e. The van der Waals surface area contributed by atoms with Crippen LogP contribution < -0.4 is 0 Å². The van der Waals surface area contributed by atoms with Crippen molar-refractivity contribution < 1.29 is 4.79 Å². The molecule has 3 heterocycles. The van der Waals surface area contributed by atoms with Gasteiger partial charge in [0.15, 0.2) is 0 Å². The smallest absolute Gasteiger partial charge is 0.223 e. The number of hydrogen-bond donors (Lipinski definition) is 0. The summed E-state index contributed by atoms with van der Waals surface area (Å²) in [7, 11) is 0. The van der Waals surface area contributed by atoms with Crippen LogP contribution in [-0.2, 0) is 4.79 Å². The van der Waals surface area contributed by atoms with Crippen molar-refractivity contribution >= 4 is 27.5 Å². The Kier molecular flexibility index (Phi) is 3.62. The van der Waals surface area contributed by atoms with E-state index in [0.29, 0.717) is 12.3 Å². The van der Waals surface area contributed by atoms with Crippen LogP contribution >= 0.6 is 11.3 Å². The van der Waals surface area contributed by atoms with Crippen LogP contribution in [0, 0.1) is 22.7 Å². The molecule has 2 saturated carbocycles. The Hall–Kier alpha value is -1.93. The van der Waals surface area contributed by atoms with E-state index >= 15 is 0 Å². The van der Waals surface area contributed by atoms with E-state index in [4.69, 9.17) is 4.98 Å². The second-order valence-electron chi connectivity index (χ2n) is 8.58. The Bertz CT molecular complexity index is 864. The average Bonchev–Trinajstić information content (AvgIpc) is 3.05. The van der Waals surface area contributed by atoms with Gasteiger partial charge in [-0.2, -0.15) is 5.26 Å². The topological polar surface area (TPSA) is 57.0 Å². The second kappa shape index (κ2) is 5.79. The fourth-order valence-corrected chi connectivity index (χ4v) is 6.74. The van der Waals surface area contributed by atoms with E-state index in [2.05, 4.69) is 24.0 Å². The summed E-state index contributed by atoms with van der Waals surface area (Å²) >= 11 is 1.70. The van der Waals surface area contributed by atoms with Crippen molar-refractivity contribution in [2.75, 3.05) is 0 Å². The Morgan fingerprint density at radius 2 is 2.08 bits per heavy atom. The number of nitrogens with zero attached hydrogens (tertiary/aromatic N) is 3. The maximum absolute atomic E-state index is 13.1. The first-order valence-electron chi connectivity index (χ1n) is 9.65. The van der Waals surface area contributed by atoms with Gasteiger partial charge in [0.2, 0.25) is 5.91 Å². The molecule has 3 unspecified atom stereocenters. The molecule has 0 radical (unpaired) electrons. The summed E-state index contributed by atoms with van der Waals surface area (Å²) in [5.41, 5.74) is 0.879. The van der Waals surface area contributed by atoms with Crippen LogP contribution in [0.4, 0.5) is 0 Å². The zero-order valence-corrected chi connectivity index (χ0v) is 15.8. The minimum absolute atomic E-state index is 0.141. The first-order valence-corrected chi connectivity index (χ1v) is 10.5. The number of para-hydroxylation sites is 1. The standard InChI is InChI=1S/C21H23N3OS/c1-13(20-23-17-4-2-3-5-18(17)26-20)6-19(25)24-15-7-14-8-16(24)11-21(9-14,10-15)12-22/h2-5,13-16H,6-11H2,1H3. The molecule has 1 aromatic carbocycles. The predicted octanol–water partition coefficient (Wildman–Crippen LogP) is 4.47. The third-order valence-electron chi connectivity index (χ3n) is 6.67. The van der Waals surface area contributed by atoms with Crippen molar-refractivity contribution in [1.29, 1.82) is 5.26 Å². The molecule has 2 saturated heterocycles. The van der Waals surface area contributed by atoms with Gasteiger partial charge in [0.1, 0.15) is 0 Å². The van der Waals surface area contributed by atoms with Crippen LogP contribution in [0.3, 0.4) is 0 Å². The van der Waals surface area contributed by atoms with Crippen LogP contribution in [0.25, 0.3) is 10.2 Å². The summed E-state index contributed by atoms with van der Waals surface area (Å²) < 4.78 is 1.19. The molecular weight excluding hydrogens is 342 g/mol. The van der Waals surface area contributed by atoms with E-state index in [0.717, 1.165) is 42.6 Å². The van der Waals surface area contributed by atoms with E-state index in [1.807, 2.05) is 18.2 Å². The zero-order valence-electron chi connectivity index (χ0n) is 15.0. The molecular formula is C21H23N3OS. The zero-order chi connectivity index (χ0) is 17.9. The summed E-state index contributed by atoms with van der Waals surface area (Å²) in [4.78, 5) is 20.0. The summed E-state index contributed by atoms with van der Waals surface area (Å²) in [6.07, 6.45) is 5.55. The van der Waals surface area contributed by atoms with Crippen LogP contribution in [0.1, 0.15) is 56.4 Å². The SMILES string of the molecule is CC(CC(=O)N1C2CC3CC1CC(C#N)(C3)C2)c1nc2ccccc2s1. The number of benzene rings is 1. The minimum atomic E-state index is -0.147. The number of nitriles is 1. The van der Waals surface area contributed by atoms with Gasteiger partial charge in [-0.05, 0) is 50.2 Å². The number of amides is 1. The predicted molar refractivity (Wildman–Crippen MR) is 102 cm³/mol. The molecule has 1 aromatic heterocycles. The molecule has 3 atom stereocenters. The lowest BCUT2D eigenvalue weighted by Crippen LogP contribution is -2.63. The summed E-state index contributed by atoms with van der Waals surface area (Å²) in [5, 5.41) is 10.7. The molecule has 2 aliphatic heterocycles. The van der Waals surface area contributed by atoms with E-state index in [-0.39, 0.29) is 29.3 Å². The van der Waals surface area contributed by atoms with Crippen molar-refractivity contribution in [1.82, 2.24) is 9.88 Å². The van der Waals surface area contributed by atoms with Crippen molar-refractivity contribution in [2.24, 2.45) is 11.3 Å². The normalized spacial score (nSPS) is 33.4. The van der Waals surface area contributed by atoms with E-state index in [1.54, 1.807) is 11.3 Å². The number of fused-ring (bicyclic) bond motifs is 1. The molecule has 26 heavy (non-hydrogen) atoms. The number of aromatic nitrogens is 1. The largest absolute Gasteiger partial charge is 0.337 e. The Morgan fingerprint density at radius 1 is 1.35 bits per heavy atom. The van der Waals surface area contributed by atoms with Crippen LogP contribution in [0.15, 0.2) is 24.3 Å². The molecule has 4 bridgehead atoms. The van der Waals surface area contributed by atoms with E-state index < -0.39 is 0 Å². The molecule has 5 heteroatoms. The second-order valence-corrected chi connectivity index (χ2v) is 9.64. The molecule has 0 N–H and O–H groups in total. The Labute approximate surface area is 157 Å². The van der Waals surface area contributed by atoms with E-state index in [1.165, 1.54) is 4.70 Å². The molecule has 4 aliphatic rings. The highest BCUT2D eigenvalue weighted by Crippen LogP contribution is 2.56. The van der Waals surface area contributed by atoms with Crippen LogP contribution in [0.2, 0.25) is 0 Å². The molecule has 134 valence electrons. The fourth-order valence-electron chi connectivity index (χ4n) is 5.73. The maximum atomic E-state index is 13.1. The Balaban J connectivity index is 1.34. The van der Waals surface area contributed by atoms with Gasteiger partial charge in [-0.1, -0.05) is 19.1 Å². The quantitative estimate of drug-likeness (QED) is 0.806. The summed E-state index contributed by atoms with van der Waals surface area (Å²) in [6.45, 7) is 2.11. The first-order chi connectivity index (χ1) is 12.6. The molecule has 4 nitrogen and oxygen atoms in total. The number of thiazole rings is 1. The van der Waals surface area contributed by atoms with Crippen molar-refractivity contribution in [3.63, 3.8) is 0 Å². The molecule has 2 aliphatic carbocycles. The van der Waals surface area contributed by atoms with Crippen molar-refractivity contribution in [3.8, 4) is 6.07 Å². The van der Waals surface area contributed by atoms with Crippen molar-refractivity contribution in [3.05, 3.63) is 29.3 Å². The summed E-state index contributed by atoms with van der Waals surface area (Å²) in [5.74, 6) is 1.05. The van der Waals surface area contributed by atoms with Gasteiger partial charge in [0, 0.05) is 24.4 Å². The average molecular weight is 366 g/mol. The molecule has 2 aromatic rings. The highest BCUT2D eigenvalue weighted by Gasteiger charge is 2.55.